The summed E-state index contributed by atoms with van der Waals surface area (Å²) in [5.41, 5.74) is 0. The Bertz CT molecular complexity index is 2020. The summed E-state index contributed by atoms with van der Waals surface area (Å²) in [5.74, 6) is -0.613. The second-order valence-electron chi connectivity index (χ2n) is 22.1. The maximum absolute atomic E-state index is 12.4. The number of carbonyl (C=O) groups excluding carboxylic acids is 2. The summed E-state index contributed by atoms with van der Waals surface area (Å²) in [6, 6.07) is 0. The first-order valence-electron chi connectivity index (χ1n) is 34.6. The van der Waals surface area contributed by atoms with E-state index in [1.165, 1.54) is 89.9 Å². The van der Waals surface area contributed by atoms with E-state index in [2.05, 4.69) is 220 Å². The Morgan fingerprint density at radius 3 is 0.698 bits per heavy atom. The molecule has 5 nitrogen and oxygen atoms in total. The second kappa shape index (κ2) is 73.7. The third-order valence-corrected chi connectivity index (χ3v) is 14.1. The van der Waals surface area contributed by atoms with Crippen LogP contribution >= 0.6 is 0 Å². The van der Waals surface area contributed by atoms with Gasteiger partial charge in [0, 0.05) is 12.8 Å². The quantitative estimate of drug-likeness (QED) is 0.0373. The maximum atomic E-state index is 12.4. The van der Waals surface area contributed by atoms with Crippen LogP contribution < -0.4 is 0 Å². The van der Waals surface area contributed by atoms with Crippen LogP contribution in [-0.4, -0.2) is 36.4 Å². The van der Waals surface area contributed by atoms with E-state index in [9.17, 15) is 14.7 Å². The zero-order chi connectivity index (χ0) is 61.9. The molecule has 0 radical (unpaired) electrons. The van der Waals surface area contributed by atoms with Gasteiger partial charge in [0.15, 0.2) is 6.10 Å². The second-order valence-corrected chi connectivity index (χ2v) is 22.1. The minimum absolute atomic E-state index is 0.0829. The average Bonchev–Trinajstić information content (AvgIpc) is 3.54. The van der Waals surface area contributed by atoms with Crippen LogP contribution in [0.5, 0.6) is 0 Å². The highest BCUT2D eigenvalue weighted by molar-refractivity contribution is 5.70. The summed E-state index contributed by atoms with van der Waals surface area (Å²) in [6.07, 6.45) is 118. The van der Waals surface area contributed by atoms with Crippen LogP contribution in [0.15, 0.2) is 207 Å². The molecule has 0 heterocycles. The van der Waals surface area contributed by atoms with Gasteiger partial charge in [0.05, 0.1) is 6.61 Å². The number of esters is 2. The lowest BCUT2D eigenvalue weighted by Gasteiger charge is -2.15. The first kappa shape index (κ1) is 80.5. The molecule has 0 rings (SSSR count). The highest BCUT2D eigenvalue weighted by Gasteiger charge is 2.16. The van der Waals surface area contributed by atoms with E-state index in [4.69, 9.17) is 9.47 Å². The first-order valence-corrected chi connectivity index (χ1v) is 34.6. The molecule has 480 valence electrons. The Morgan fingerprint density at radius 2 is 0.465 bits per heavy atom. The van der Waals surface area contributed by atoms with E-state index in [1.807, 2.05) is 0 Å². The zero-order valence-electron chi connectivity index (χ0n) is 55.0. The molecular formula is C81H126O5. The van der Waals surface area contributed by atoms with Crippen LogP contribution in [0.2, 0.25) is 0 Å². The Hall–Kier alpha value is -5.52. The van der Waals surface area contributed by atoms with Crippen molar-refractivity contribution >= 4 is 11.9 Å². The van der Waals surface area contributed by atoms with Crippen molar-refractivity contribution < 1.29 is 24.2 Å². The Kier molecular flexibility index (Phi) is 69.0. The monoisotopic (exact) mass is 1180 g/mol. The normalized spacial score (nSPS) is 13.6. The topological polar surface area (TPSA) is 72.8 Å². The molecule has 86 heavy (non-hydrogen) atoms. The highest BCUT2D eigenvalue weighted by Crippen LogP contribution is 2.15. The Morgan fingerprint density at radius 1 is 0.267 bits per heavy atom. The lowest BCUT2D eigenvalue weighted by Crippen LogP contribution is -2.28. The van der Waals surface area contributed by atoms with Crippen LogP contribution in [0.1, 0.15) is 271 Å². The van der Waals surface area contributed by atoms with E-state index in [1.54, 1.807) is 0 Å². The van der Waals surface area contributed by atoms with Gasteiger partial charge >= 0.3 is 11.9 Å². The fraction of sp³-hybridized carbons (Fsp3) is 0.556. The molecule has 0 saturated heterocycles. The number of rotatable bonds is 61. The Labute approximate surface area is 530 Å². The van der Waals surface area contributed by atoms with E-state index < -0.39 is 6.10 Å². The van der Waals surface area contributed by atoms with Gasteiger partial charge in [-0.15, -0.1) is 0 Å². The summed E-state index contributed by atoms with van der Waals surface area (Å²) in [6.45, 7) is 3.90. The summed E-state index contributed by atoms with van der Waals surface area (Å²) in [4.78, 5) is 24.7. The molecule has 0 aliphatic carbocycles. The van der Waals surface area contributed by atoms with Gasteiger partial charge in [-0.2, -0.15) is 0 Å². The van der Waals surface area contributed by atoms with E-state index in [-0.39, 0.29) is 25.2 Å². The smallest absolute Gasteiger partial charge is 0.306 e. The van der Waals surface area contributed by atoms with Crippen molar-refractivity contribution in [3.8, 4) is 0 Å². The fourth-order valence-electron chi connectivity index (χ4n) is 8.98. The number of unbranched alkanes of at least 4 members (excludes halogenated alkanes) is 19. The summed E-state index contributed by atoms with van der Waals surface area (Å²) in [5, 5.41) is 9.70. The lowest BCUT2D eigenvalue weighted by molar-refractivity contribution is -0.161. The molecule has 0 saturated carbocycles. The van der Waals surface area contributed by atoms with Crippen molar-refractivity contribution in [2.75, 3.05) is 13.2 Å². The largest absolute Gasteiger partial charge is 0.462 e. The fourth-order valence-corrected chi connectivity index (χ4v) is 8.98. The van der Waals surface area contributed by atoms with Gasteiger partial charge in [0.25, 0.3) is 0 Å². The molecule has 0 aromatic rings. The standard InChI is InChI=1S/C81H126O5/c1-3-5-7-9-11-13-15-17-19-21-23-25-27-29-31-33-35-36-37-38-39-40-41-42-43-44-46-48-50-52-54-56-58-60-62-64-66-68-70-72-74-76-81(84)86-79(77-82)78-85-80(83)75-73-71-69-67-65-63-61-59-57-55-53-51-49-47-45-34-32-30-28-26-24-22-20-18-16-14-12-10-8-6-4-2/h5-8,11-14,17-20,23-26,29-32,35-36,38-39,41-42,44-47,50-53,79,82H,3-4,9-10,15-16,21-22,27-28,33-34,37,40,43,48-49,54-78H2,1-2H3/b7-5-,8-6-,13-11-,14-12-,19-17-,20-18-,25-23-,26-24-,31-29-,32-30-,36-35-,39-38-,42-41-,46-44-,47-45-,52-50-,53-51-. The molecule has 0 fully saturated rings. The van der Waals surface area contributed by atoms with Gasteiger partial charge in [-0.1, -0.05) is 317 Å². The number of carbonyl (C=O) groups is 2. The average molecular weight is 1180 g/mol. The molecular weight excluding hydrogens is 1050 g/mol. The molecule has 0 aromatic heterocycles. The Balaban J connectivity index is 3.60. The van der Waals surface area contributed by atoms with Crippen molar-refractivity contribution in [1.82, 2.24) is 0 Å². The molecule has 1 atom stereocenters. The summed E-state index contributed by atoms with van der Waals surface area (Å²) in [7, 11) is 0. The predicted octanol–water partition coefficient (Wildman–Crippen LogP) is 24.5. The lowest BCUT2D eigenvalue weighted by atomic mass is 10.0. The highest BCUT2D eigenvalue weighted by atomic mass is 16.6. The van der Waals surface area contributed by atoms with E-state index in [0.717, 1.165) is 154 Å². The molecule has 0 bridgehead atoms. The summed E-state index contributed by atoms with van der Waals surface area (Å²) < 4.78 is 10.7. The molecule has 0 aromatic carbocycles. The van der Waals surface area contributed by atoms with Crippen LogP contribution in [-0.2, 0) is 19.1 Å². The molecule has 1 unspecified atom stereocenters. The predicted molar refractivity (Wildman–Crippen MR) is 379 cm³/mol. The van der Waals surface area contributed by atoms with Crippen molar-refractivity contribution in [3.05, 3.63) is 207 Å². The third kappa shape index (κ3) is 71.0. The van der Waals surface area contributed by atoms with Crippen molar-refractivity contribution in [2.24, 2.45) is 0 Å². The first-order chi connectivity index (χ1) is 42.6. The number of hydrogen-bond donors (Lipinski definition) is 1. The number of aliphatic hydroxyl groups excluding tert-OH is 1. The van der Waals surface area contributed by atoms with Crippen molar-refractivity contribution in [3.63, 3.8) is 0 Å². The number of aliphatic hydroxyl groups is 1. The molecule has 5 heteroatoms. The van der Waals surface area contributed by atoms with Gasteiger partial charge < -0.3 is 14.6 Å². The number of hydrogen-bond acceptors (Lipinski definition) is 5. The molecule has 1 N–H and O–H groups in total. The molecule has 0 spiro atoms. The SMILES string of the molecule is CC/C=C\C/C=C\C/C=C\C/C=C\C/C=C\C/C=C\C/C=C\C/C=C\C/C=C\C/C=C\CCCCCCCCCCCCC(=O)OC(CO)COC(=O)CCCCCCCCCCC/C=C\C/C=C\C/C=C\C/C=C\C/C=C\C/C=C\C/C=C\CC. The van der Waals surface area contributed by atoms with E-state index in [0.29, 0.717) is 12.8 Å². The van der Waals surface area contributed by atoms with Crippen molar-refractivity contribution in [1.29, 1.82) is 0 Å². The van der Waals surface area contributed by atoms with Crippen LogP contribution in [0.3, 0.4) is 0 Å². The van der Waals surface area contributed by atoms with Gasteiger partial charge in [-0.25, -0.2) is 0 Å². The minimum Gasteiger partial charge on any atom is -0.462 e. The zero-order valence-corrected chi connectivity index (χ0v) is 55.0. The molecule has 0 aliphatic heterocycles. The van der Waals surface area contributed by atoms with Gasteiger partial charge in [-0.3, -0.25) is 9.59 Å². The van der Waals surface area contributed by atoms with Crippen LogP contribution in [0.25, 0.3) is 0 Å². The van der Waals surface area contributed by atoms with Gasteiger partial charge in [0.2, 0.25) is 0 Å². The van der Waals surface area contributed by atoms with Crippen LogP contribution in [0, 0.1) is 0 Å². The van der Waals surface area contributed by atoms with E-state index >= 15 is 0 Å². The summed E-state index contributed by atoms with van der Waals surface area (Å²) >= 11 is 0. The molecule has 0 aliphatic rings. The van der Waals surface area contributed by atoms with Gasteiger partial charge in [0.1, 0.15) is 6.61 Å². The minimum atomic E-state index is -0.794. The number of ether oxygens (including phenoxy) is 2. The maximum Gasteiger partial charge on any atom is 0.306 e. The molecule has 0 amide bonds. The van der Waals surface area contributed by atoms with Gasteiger partial charge in [-0.05, 0) is 148 Å². The third-order valence-electron chi connectivity index (χ3n) is 14.1. The van der Waals surface area contributed by atoms with Crippen LogP contribution in [0.4, 0.5) is 0 Å². The number of allylic oxidation sites excluding steroid dienone is 34. The van der Waals surface area contributed by atoms with Crippen molar-refractivity contribution in [2.45, 2.75) is 277 Å².